The molecule has 2 aromatic carbocycles. The van der Waals surface area contributed by atoms with Crippen molar-refractivity contribution in [1.29, 1.82) is 0 Å². The first-order valence-corrected chi connectivity index (χ1v) is 9.46. The smallest absolute Gasteiger partial charge is 0.261 e. The molecule has 0 saturated carbocycles. The van der Waals surface area contributed by atoms with Gasteiger partial charge in [-0.3, -0.25) is 4.79 Å². The van der Waals surface area contributed by atoms with E-state index in [2.05, 4.69) is 50.4 Å². The number of benzene rings is 2. The highest BCUT2D eigenvalue weighted by atomic mass is 16.5. The molecule has 0 spiro atoms. The van der Waals surface area contributed by atoms with Gasteiger partial charge in [0.15, 0.2) is 6.10 Å². The minimum Gasteiger partial charge on any atom is -0.481 e. The molecule has 0 aliphatic heterocycles. The summed E-state index contributed by atoms with van der Waals surface area (Å²) in [6, 6.07) is 12.4. The summed E-state index contributed by atoms with van der Waals surface area (Å²) in [5.74, 6) is 0.697. The van der Waals surface area contributed by atoms with Crippen molar-refractivity contribution in [2.24, 2.45) is 0 Å². The molecular weight excluding hydrogens is 322 g/mol. The predicted octanol–water partition coefficient (Wildman–Crippen LogP) is 5.35. The Morgan fingerprint density at radius 1 is 0.923 bits per heavy atom. The Labute approximate surface area is 157 Å². The predicted molar refractivity (Wildman–Crippen MR) is 108 cm³/mol. The molecule has 0 aliphatic rings. The lowest BCUT2D eigenvalue weighted by Gasteiger charge is -2.24. The highest BCUT2D eigenvalue weighted by molar-refractivity contribution is 5.81. The van der Waals surface area contributed by atoms with E-state index in [0.29, 0.717) is 6.42 Å². The maximum absolute atomic E-state index is 12.8. The number of rotatable bonds is 7. The fraction of sp³-hybridized carbons (Fsp3) is 0.435. The molecule has 2 rings (SSSR count). The first-order chi connectivity index (χ1) is 12.3. The molecule has 3 nitrogen and oxygen atoms in total. The highest BCUT2D eigenvalue weighted by Gasteiger charge is 2.22. The molecule has 1 amide bonds. The van der Waals surface area contributed by atoms with Gasteiger partial charge in [-0.25, -0.2) is 0 Å². The number of hydrogen-bond acceptors (Lipinski definition) is 2. The van der Waals surface area contributed by atoms with Gasteiger partial charge in [-0.05, 0) is 74.9 Å². The van der Waals surface area contributed by atoms with E-state index in [0.717, 1.165) is 23.3 Å². The molecule has 0 heterocycles. The zero-order valence-corrected chi connectivity index (χ0v) is 16.8. The molecule has 0 aromatic heterocycles. The number of amides is 1. The molecule has 0 unspecified atom stereocenters. The van der Waals surface area contributed by atoms with Crippen molar-refractivity contribution < 1.29 is 9.53 Å². The van der Waals surface area contributed by atoms with Crippen molar-refractivity contribution >= 4 is 5.91 Å². The van der Waals surface area contributed by atoms with E-state index in [1.165, 1.54) is 16.7 Å². The summed E-state index contributed by atoms with van der Waals surface area (Å²) in [6.07, 6.45) is 0.980. The second kappa shape index (κ2) is 8.88. The maximum Gasteiger partial charge on any atom is 0.261 e. The summed E-state index contributed by atoms with van der Waals surface area (Å²) in [5, 5.41) is 3.18. The summed E-state index contributed by atoms with van der Waals surface area (Å²) in [4.78, 5) is 12.8. The van der Waals surface area contributed by atoms with Crippen molar-refractivity contribution in [2.45, 2.75) is 66.5 Å². The van der Waals surface area contributed by atoms with Gasteiger partial charge in [0, 0.05) is 0 Å². The first kappa shape index (κ1) is 20.0. The summed E-state index contributed by atoms with van der Waals surface area (Å²) in [7, 11) is 0. The van der Waals surface area contributed by atoms with Gasteiger partial charge in [0.1, 0.15) is 5.75 Å². The maximum atomic E-state index is 12.8. The van der Waals surface area contributed by atoms with Gasteiger partial charge in [-0.1, -0.05) is 43.7 Å². The fourth-order valence-electron chi connectivity index (χ4n) is 3.37. The number of hydrogen-bond donors (Lipinski definition) is 1. The number of nitrogens with one attached hydrogen (secondary N) is 1. The Hall–Kier alpha value is -2.29. The Bertz CT molecular complexity index is 747. The van der Waals surface area contributed by atoms with Crippen molar-refractivity contribution in [3.05, 3.63) is 64.2 Å². The molecule has 2 atom stereocenters. The van der Waals surface area contributed by atoms with Crippen LogP contribution in [0.2, 0.25) is 0 Å². The van der Waals surface area contributed by atoms with Gasteiger partial charge in [-0.2, -0.15) is 0 Å². The molecule has 3 heteroatoms. The molecule has 0 saturated heterocycles. The van der Waals surface area contributed by atoms with E-state index < -0.39 is 6.10 Å². The zero-order valence-electron chi connectivity index (χ0n) is 16.8. The lowest BCUT2D eigenvalue weighted by atomic mass is 9.97. The second-order valence-corrected chi connectivity index (χ2v) is 7.17. The number of ether oxygens (including phenoxy) is 1. The summed E-state index contributed by atoms with van der Waals surface area (Å²) >= 11 is 0. The van der Waals surface area contributed by atoms with Crippen LogP contribution >= 0.6 is 0 Å². The van der Waals surface area contributed by atoms with Crippen LogP contribution in [0.4, 0.5) is 0 Å². The number of carbonyl (C=O) groups is 1. The third kappa shape index (κ3) is 5.10. The van der Waals surface area contributed by atoms with Crippen LogP contribution in [-0.2, 0) is 4.79 Å². The lowest BCUT2D eigenvalue weighted by Crippen LogP contribution is -2.40. The van der Waals surface area contributed by atoms with E-state index in [-0.39, 0.29) is 11.9 Å². The van der Waals surface area contributed by atoms with Crippen molar-refractivity contribution in [3.8, 4) is 5.75 Å². The molecular formula is C23H31NO2. The van der Waals surface area contributed by atoms with Gasteiger partial charge >= 0.3 is 0 Å². The molecule has 1 N–H and O–H groups in total. The van der Waals surface area contributed by atoms with E-state index in [4.69, 9.17) is 4.74 Å². The summed E-state index contributed by atoms with van der Waals surface area (Å²) in [6.45, 7) is 12.3. The van der Waals surface area contributed by atoms with Crippen LogP contribution in [0, 0.1) is 27.7 Å². The molecule has 26 heavy (non-hydrogen) atoms. The Morgan fingerprint density at radius 3 is 2.12 bits per heavy atom. The van der Waals surface area contributed by atoms with Gasteiger partial charge in [-0.15, -0.1) is 0 Å². The average molecular weight is 354 g/mol. The topological polar surface area (TPSA) is 38.3 Å². The molecule has 2 aromatic rings. The second-order valence-electron chi connectivity index (χ2n) is 7.17. The van der Waals surface area contributed by atoms with E-state index in [9.17, 15) is 4.79 Å². The summed E-state index contributed by atoms with van der Waals surface area (Å²) < 4.78 is 6.01. The van der Waals surface area contributed by atoms with Crippen molar-refractivity contribution in [3.63, 3.8) is 0 Å². The van der Waals surface area contributed by atoms with Gasteiger partial charge < -0.3 is 10.1 Å². The minimum absolute atomic E-state index is 0.00000409. The van der Waals surface area contributed by atoms with Gasteiger partial charge in [0.05, 0.1) is 6.04 Å². The SMILES string of the molecule is CC[C@H](NC(=O)[C@@H](CC)Oc1cc(C)cc(C)c1)c1ccc(C)cc1C. The highest BCUT2D eigenvalue weighted by Crippen LogP contribution is 2.23. The van der Waals surface area contributed by atoms with E-state index in [1.807, 2.05) is 32.9 Å². The standard InChI is InChI=1S/C23H31NO2/c1-7-21(20-10-9-15(3)12-18(20)6)24-23(25)22(8-2)26-19-13-16(4)11-17(5)14-19/h9-14,21-22H,7-8H2,1-6H3,(H,24,25)/t21-,22+/m0/s1. The van der Waals surface area contributed by atoms with E-state index in [1.54, 1.807) is 0 Å². The number of carbonyl (C=O) groups excluding carboxylic acids is 1. The quantitative estimate of drug-likeness (QED) is 0.729. The average Bonchev–Trinajstić information content (AvgIpc) is 2.57. The first-order valence-electron chi connectivity index (χ1n) is 9.46. The van der Waals surface area contributed by atoms with Crippen molar-refractivity contribution in [2.75, 3.05) is 0 Å². The molecule has 140 valence electrons. The van der Waals surface area contributed by atoms with Crippen LogP contribution in [0.5, 0.6) is 5.75 Å². The Balaban J connectivity index is 2.13. The van der Waals surface area contributed by atoms with Crippen LogP contribution in [0.25, 0.3) is 0 Å². The molecule has 0 aliphatic carbocycles. The lowest BCUT2D eigenvalue weighted by molar-refractivity contribution is -0.128. The largest absolute Gasteiger partial charge is 0.481 e. The number of aryl methyl sites for hydroxylation is 4. The third-order valence-corrected chi connectivity index (χ3v) is 4.66. The summed E-state index contributed by atoms with van der Waals surface area (Å²) in [5.41, 5.74) is 5.89. The fourth-order valence-corrected chi connectivity index (χ4v) is 3.37. The molecule has 0 radical (unpaired) electrons. The van der Waals surface area contributed by atoms with E-state index >= 15 is 0 Å². The molecule has 0 bridgehead atoms. The molecule has 0 fully saturated rings. The van der Waals surface area contributed by atoms with Gasteiger partial charge in [0.25, 0.3) is 5.91 Å². The van der Waals surface area contributed by atoms with Crippen LogP contribution in [0.1, 0.15) is 60.5 Å². The van der Waals surface area contributed by atoms with Gasteiger partial charge in [0.2, 0.25) is 0 Å². The van der Waals surface area contributed by atoms with Crippen molar-refractivity contribution in [1.82, 2.24) is 5.32 Å². The third-order valence-electron chi connectivity index (χ3n) is 4.66. The Kier molecular flexibility index (Phi) is 6.84. The monoisotopic (exact) mass is 353 g/mol. The van der Waals surface area contributed by atoms with Crippen LogP contribution in [0.3, 0.4) is 0 Å². The van der Waals surface area contributed by atoms with Crippen LogP contribution in [-0.4, -0.2) is 12.0 Å². The minimum atomic E-state index is -0.490. The van der Waals surface area contributed by atoms with Crippen LogP contribution in [0.15, 0.2) is 36.4 Å². The zero-order chi connectivity index (χ0) is 19.3. The normalized spacial score (nSPS) is 13.2. The van der Waals surface area contributed by atoms with Crippen LogP contribution < -0.4 is 10.1 Å². The Morgan fingerprint density at radius 2 is 1.58 bits per heavy atom.